The van der Waals surface area contributed by atoms with E-state index in [0.29, 0.717) is 12.3 Å². The Hall–Kier alpha value is -1.32. The number of rotatable bonds is 3. The molecule has 0 aliphatic heterocycles. The number of nitrogens with zero attached hydrogens (tertiary/aromatic N) is 2. The summed E-state index contributed by atoms with van der Waals surface area (Å²) >= 11 is 0. The molecule has 0 fully saturated rings. The highest BCUT2D eigenvalue weighted by atomic mass is 16.5. The predicted octanol–water partition coefficient (Wildman–Crippen LogP) is 2.49. The SMILES string of the molecule is CC.CCOC(=O)c1c(C)c(CC)nn1C. The normalized spacial score (nSPS) is 9.38. The van der Waals surface area contributed by atoms with Crippen LogP contribution >= 0.6 is 0 Å². The minimum Gasteiger partial charge on any atom is -0.461 e. The molecule has 0 N–H and O–H groups in total. The van der Waals surface area contributed by atoms with Gasteiger partial charge in [0, 0.05) is 12.6 Å². The highest BCUT2D eigenvalue weighted by Gasteiger charge is 2.18. The fourth-order valence-corrected chi connectivity index (χ4v) is 1.51. The van der Waals surface area contributed by atoms with Crippen LogP contribution in [-0.2, 0) is 18.2 Å². The average Bonchev–Trinajstić information content (AvgIpc) is 2.57. The van der Waals surface area contributed by atoms with Crippen LogP contribution in [0.15, 0.2) is 0 Å². The maximum Gasteiger partial charge on any atom is 0.356 e. The standard InChI is InChI=1S/C10H16N2O2.C2H6/c1-5-8-7(3)9(12(4)11-8)10(13)14-6-2;1-2/h5-6H2,1-4H3;1-2H3. The topological polar surface area (TPSA) is 44.1 Å². The minimum absolute atomic E-state index is 0.292. The van der Waals surface area contributed by atoms with Crippen molar-refractivity contribution >= 4 is 5.97 Å². The van der Waals surface area contributed by atoms with Crippen LogP contribution in [0.4, 0.5) is 0 Å². The molecule has 16 heavy (non-hydrogen) atoms. The molecule has 92 valence electrons. The number of carbonyl (C=O) groups excluding carboxylic acids is 1. The van der Waals surface area contributed by atoms with Gasteiger partial charge in [-0.25, -0.2) is 4.79 Å². The first kappa shape index (κ1) is 14.7. The van der Waals surface area contributed by atoms with E-state index < -0.39 is 0 Å². The van der Waals surface area contributed by atoms with Crippen molar-refractivity contribution in [2.75, 3.05) is 6.61 Å². The molecule has 0 bridgehead atoms. The van der Waals surface area contributed by atoms with E-state index in [9.17, 15) is 4.79 Å². The van der Waals surface area contributed by atoms with Crippen LogP contribution in [0.25, 0.3) is 0 Å². The maximum atomic E-state index is 11.5. The van der Waals surface area contributed by atoms with Gasteiger partial charge in [-0.15, -0.1) is 0 Å². The van der Waals surface area contributed by atoms with Gasteiger partial charge in [-0.1, -0.05) is 20.8 Å². The number of esters is 1. The third-order valence-electron chi connectivity index (χ3n) is 2.19. The Bertz CT molecular complexity index is 343. The van der Waals surface area contributed by atoms with Gasteiger partial charge in [0.15, 0.2) is 0 Å². The second-order valence-corrected chi connectivity index (χ2v) is 3.12. The first-order valence-electron chi connectivity index (χ1n) is 5.81. The zero-order valence-corrected chi connectivity index (χ0v) is 11.1. The zero-order chi connectivity index (χ0) is 12.7. The molecule has 0 spiro atoms. The highest BCUT2D eigenvalue weighted by molar-refractivity contribution is 5.89. The third kappa shape index (κ3) is 3.08. The average molecular weight is 226 g/mol. The lowest BCUT2D eigenvalue weighted by Gasteiger charge is -2.02. The molecule has 0 saturated heterocycles. The summed E-state index contributed by atoms with van der Waals surface area (Å²) in [5.41, 5.74) is 2.44. The van der Waals surface area contributed by atoms with E-state index in [1.165, 1.54) is 0 Å². The second-order valence-electron chi connectivity index (χ2n) is 3.12. The van der Waals surface area contributed by atoms with E-state index in [2.05, 4.69) is 5.10 Å². The van der Waals surface area contributed by atoms with Crippen molar-refractivity contribution in [2.45, 2.75) is 41.0 Å². The largest absolute Gasteiger partial charge is 0.461 e. The fraction of sp³-hybridized carbons (Fsp3) is 0.667. The molecule has 1 rings (SSSR count). The van der Waals surface area contributed by atoms with Gasteiger partial charge in [0.1, 0.15) is 5.69 Å². The second kappa shape index (κ2) is 7.04. The van der Waals surface area contributed by atoms with Gasteiger partial charge in [0.05, 0.1) is 12.3 Å². The Balaban J connectivity index is 0.00000106. The summed E-state index contributed by atoms with van der Waals surface area (Å²) in [6.45, 7) is 10.1. The molecule has 0 radical (unpaired) electrons. The molecule has 0 atom stereocenters. The molecule has 1 aromatic heterocycles. The van der Waals surface area contributed by atoms with Crippen LogP contribution < -0.4 is 0 Å². The lowest BCUT2D eigenvalue weighted by Crippen LogP contribution is -2.11. The van der Waals surface area contributed by atoms with E-state index >= 15 is 0 Å². The molecule has 4 heteroatoms. The summed E-state index contributed by atoms with van der Waals surface area (Å²) in [7, 11) is 1.76. The van der Waals surface area contributed by atoms with Crippen LogP contribution in [0.2, 0.25) is 0 Å². The van der Waals surface area contributed by atoms with Gasteiger partial charge in [-0.2, -0.15) is 5.10 Å². The molecule has 1 aromatic rings. The van der Waals surface area contributed by atoms with Crippen LogP contribution in [0.1, 0.15) is 49.4 Å². The van der Waals surface area contributed by atoms with E-state index in [-0.39, 0.29) is 5.97 Å². The zero-order valence-electron chi connectivity index (χ0n) is 11.1. The van der Waals surface area contributed by atoms with E-state index in [1.807, 2.05) is 27.7 Å². The lowest BCUT2D eigenvalue weighted by molar-refractivity contribution is 0.0513. The fourth-order valence-electron chi connectivity index (χ4n) is 1.51. The Kier molecular flexibility index (Phi) is 6.46. The molecule has 0 saturated carbocycles. The van der Waals surface area contributed by atoms with Crippen molar-refractivity contribution in [3.05, 3.63) is 17.0 Å². The van der Waals surface area contributed by atoms with Gasteiger partial charge in [0.25, 0.3) is 0 Å². The lowest BCUT2D eigenvalue weighted by atomic mass is 10.2. The predicted molar refractivity (Wildman–Crippen MR) is 64.6 cm³/mol. The molecular weight excluding hydrogens is 204 g/mol. The molecule has 0 aromatic carbocycles. The van der Waals surface area contributed by atoms with Gasteiger partial charge in [0.2, 0.25) is 0 Å². The number of aryl methyl sites for hydroxylation is 2. The number of hydrogen-bond donors (Lipinski definition) is 0. The first-order chi connectivity index (χ1) is 7.61. The summed E-state index contributed by atoms with van der Waals surface area (Å²) in [5, 5.41) is 4.25. The van der Waals surface area contributed by atoms with E-state index in [1.54, 1.807) is 18.7 Å². The van der Waals surface area contributed by atoms with E-state index in [4.69, 9.17) is 4.74 Å². The molecule has 4 nitrogen and oxygen atoms in total. The molecule has 0 unspecified atom stereocenters. The van der Waals surface area contributed by atoms with Crippen molar-refractivity contribution in [1.82, 2.24) is 9.78 Å². The number of carbonyl (C=O) groups is 1. The third-order valence-corrected chi connectivity index (χ3v) is 2.19. The smallest absolute Gasteiger partial charge is 0.356 e. The Labute approximate surface area is 97.6 Å². The molecule has 0 aliphatic rings. The molecule has 1 heterocycles. The van der Waals surface area contributed by atoms with Gasteiger partial charge < -0.3 is 4.74 Å². The van der Waals surface area contributed by atoms with Crippen molar-refractivity contribution in [3.63, 3.8) is 0 Å². The van der Waals surface area contributed by atoms with Crippen LogP contribution in [0.3, 0.4) is 0 Å². The first-order valence-corrected chi connectivity index (χ1v) is 5.81. The van der Waals surface area contributed by atoms with Gasteiger partial charge in [-0.3, -0.25) is 4.68 Å². The summed E-state index contributed by atoms with van der Waals surface area (Å²) in [6.07, 6.45) is 0.832. The Morgan fingerprint density at radius 2 is 1.94 bits per heavy atom. The molecule has 0 aliphatic carbocycles. The number of hydrogen-bond acceptors (Lipinski definition) is 3. The van der Waals surface area contributed by atoms with Crippen molar-refractivity contribution in [1.29, 1.82) is 0 Å². The van der Waals surface area contributed by atoms with Crippen molar-refractivity contribution < 1.29 is 9.53 Å². The summed E-state index contributed by atoms with van der Waals surface area (Å²) in [4.78, 5) is 11.5. The quantitative estimate of drug-likeness (QED) is 0.744. The van der Waals surface area contributed by atoms with Crippen LogP contribution in [0, 0.1) is 6.92 Å². The summed E-state index contributed by atoms with van der Waals surface area (Å²) in [5.74, 6) is -0.292. The monoisotopic (exact) mass is 226 g/mol. The van der Waals surface area contributed by atoms with Gasteiger partial charge >= 0.3 is 5.97 Å². The summed E-state index contributed by atoms with van der Waals surface area (Å²) in [6, 6.07) is 0. The number of ether oxygens (including phenoxy) is 1. The van der Waals surface area contributed by atoms with E-state index in [0.717, 1.165) is 17.7 Å². The minimum atomic E-state index is -0.292. The maximum absolute atomic E-state index is 11.5. The van der Waals surface area contributed by atoms with Crippen LogP contribution in [0.5, 0.6) is 0 Å². The highest BCUT2D eigenvalue weighted by Crippen LogP contribution is 2.13. The Morgan fingerprint density at radius 3 is 2.31 bits per heavy atom. The Morgan fingerprint density at radius 1 is 1.38 bits per heavy atom. The van der Waals surface area contributed by atoms with Crippen LogP contribution in [-0.4, -0.2) is 22.4 Å². The number of aromatic nitrogens is 2. The molecule has 0 amide bonds. The van der Waals surface area contributed by atoms with Gasteiger partial charge in [-0.05, 0) is 20.3 Å². The van der Waals surface area contributed by atoms with Crippen molar-refractivity contribution in [3.8, 4) is 0 Å². The summed E-state index contributed by atoms with van der Waals surface area (Å²) < 4.78 is 6.54. The molecular formula is C12H22N2O2. The van der Waals surface area contributed by atoms with Crippen molar-refractivity contribution in [2.24, 2.45) is 7.05 Å².